The summed E-state index contributed by atoms with van der Waals surface area (Å²) in [5, 5.41) is 11.3. The standard InChI is InChI=1S/C15H18ClN5O3/c1-9(2)13-19-20-14(24-13)11-8-21(5-6-23-11)15(22)18-12-4-3-10(16)7-17-12/h3-4,7,9,11H,5-6,8H2,1-2H3,(H,17,18,22). The fourth-order valence-corrected chi connectivity index (χ4v) is 2.34. The summed E-state index contributed by atoms with van der Waals surface area (Å²) < 4.78 is 11.3. The monoisotopic (exact) mass is 351 g/mol. The van der Waals surface area contributed by atoms with Crippen molar-refractivity contribution in [1.29, 1.82) is 0 Å². The lowest BCUT2D eigenvalue weighted by atomic mass is 10.2. The molecule has 0 spiro atoms. The topological polar surface area (TPSA) is 93.4 Å². The number of hydrogen-bond donors (Lipinski definition) is 1. The third kappa shape index (κ3) is 3.82. The summed E-state index contributed by atoms with van der Waals surface area (Å²) in [6.45, 7) is 5.14. The SMILES string of the molecule is CC(C)c1nnc(C2CN(C(=O)Nc3ccc(Cl)cn3)CCO2)o1. The van der Waals surface area contributed by atoms with Gasteiger partial charge in [-0.25, -0.2) is 9.78 Å². The number of nitrogens with zero attached hydrogens (tertiary/aromatic N) is 4. The predicted molar refractivity (Wildman–Crippen MR) is 86.9 cm³/mol. The number of urea groups is 1. The Kier molecular flexibility index (Phi) is 4.96. The van der Waals surface area contributed by atoms with E-state index in [1.165, 1.54) is 6.20 Å². The number of carbonyl (C=O) groups is 1. The summed E-state index contributed by atoms with van der Waals surface area (Å²) in [6, 6.07) is 3.05. The molecule has 1 unspecified atom stereocenters. The van der Waals surface area contributed by atoms with Crippen LogP contribution in [0.5, 0.6) is 0 Å². The summed E-state index contributed by atoms with van der Waals surface area (Å²) in [4.78, 5) is 18.0. The first-order valence-electron chi connectivity index (χ1n) is 7.65. The summed E-state index contributed by atoms with van der Waals surface area (Å²) in [5.74, 6) is 1.53. The zero-order valence-electron chi connectivity index (χ0n) is 13.4. The number of pyridine rings is 1. The van der Waals surface area contributed by atoms with Crippen LogP contribution in [0.4, 0.5) is 10.6 Å². The molecule has 1 aliphatic rings. The molecular formula is C15H18ClN5O3. The van der Waals surface area contributed by atoms with E-state index in [1.54, 1.807) is 17.0 Å². The average molecular weight is 352 g/mol. The van der Waals surface area contributed by atoms with Crippen molar-refractivity contribution < 1.29 is 13.9 Å². The van der Waals surface area contributed by atoms with Gasteiger partial charge in [0.05, 0.1) is 18.2 Å². The number of amides is 2. The number of rotatable bonds is 3. The van der Waals surface area contributed by atoms with Gasteiger partial charge >= 0.3 is 6.03 Å². The van der Waals surface area contributed by atoms with Crippen LogP contribution in [0.1, 0.15) is 37.7 Å². The molecule has 1 aliphatic heterocycles. The molecule has 1 atom stereocenters. The molecule has 128 valence electrons. The lowest BCUT2D eigenvalue weighted by Gasteiger charge is -2.31. The molecule has 3 rings (SSSR count). The third-order valence-electron chi connectivity index (χ3n) is 3.54. The van der Waals surface area contributed by atoms with Gasteiger partial charge < -0.3 is 14.1 Å². The fraction of sp³-hybridized carbons (Fsp3) is 0.467. The molecule has 1 fully saturated rings. The lowest BCUT2D eigenvalue weighted by molar-refractivity contribution is -0.0276. The van der Waals surface area contributed by atoms with Gasteiger partial charge in [0.2, 0.25) is 11.8 Å². The maximum absolute atomic E-state index is 12.4. The molecule has 0 aromatic carbocycles. The Morgan fingerprint density at radius 3 is 2.92 bits per heavy atom. The van der Waals surface area contributed by atoms with Gasteiger partial charge in [0.25, 0.3) is 0 Å². The minimum absolute atomic E-state index is 0.144. The molecular weight excluding hydrogens is 334 g/mol. The van der Waals surface area contributed by atoms with E-state index in [1.807, 2.05) is 13.8 Å². The van der Waals surface area contributed by atoms with Crippen molar-refractivity contribution in [1.82, 2.24) is 20.1 Å². The third-order valence-corrected chi connectivity index (χ3v) is 3.77. The Morgan fingerprint density at radius 2 is 2.25 bits per heavy atom. The molecule has 0 bridgehead atoms. The number of ether oxygens (including phenoxy) is 1. The molecule has 3 heterocycles. The van der Waals surface area contributed by atoms with Crippen LogP contribution >= 0.6 is 11.6 Å². The first-order valence-corrected chi connectivity index (χ1v) is 8.03. The largest absolute Gasteiger partial charge is 0.422 e. The van der Waals surface area contributed by atoms with Gasteiger partial charge in [0.15, 0.2) is 6.10 Å². The van der Waals surface area contributed by atoms with Gasteiger partial charge in [0.1, 0.15) is 5.82 Å². The molecule has 1 N–H and O–H groups in total. The van der Waals surface area contributed by atoms with E-state index in [0.717, 1.165) is 0 Å². The Hall–Kier alpha value is -2.19. The second kappa shape index (κ2) is 7.14. The molecule has 0 saturated carbocycles. The van der Waals surface area contributed by atoms with E-state index in [4.69, 9.17) is 20.8 Å². The van der Waals surface area contributed by atoms with Gasteiger partial charge in [-0.1, -0.05) is 25.4 Å². The van der Waals surface area contributed by atoms with E-state index in [2.05, 4.69) is 20.5 Å². The highest BCUT2D eigenvalue weighted by Crippen LogP contribution is 2.23. The minimum Gasteiger partial charge on any atom is -0.422 e. The Balaban J connectivity index is 1.63. The summed E-state index contributed by atoms with van der Waals surface area (Å²) in [5.41, 5.74) is 0. The predicted octanol–water partition coefficient (Wildman–Crippen LogP) is 2.85. The highest BCUT2D eigenvalue weighted by Gasteiger charge is 2.29. The van der Waals surface area contributed by atoms with Gasteiger partial charge in [-0.05, 0) is 12.1 Å². The van der Waals surface area contributed by atoms with Crippen molar-refractivity contribution in [2.24, 2.45) is 0 Å². The molecule has 24 heavy (non-hydrogen) atoms. The lowest BCUT2D eigenvalue weighted by Crippen LogP contribution is -2.44. The Morgan fingerprint density at radius 1 is 1.42 bits per heavy atom. The van der Waals surface area contributed by atoms with Crippen LogP contribution < -0.4 is 5.32 Å². The normalized spacial score (nSPS) is 18.0. The van der Waals surface area contributed by atoms with E-state index in [0.29, 0.717) is 42.3 Å². The molecule has 0 aliphatic carbocycles. The minimum atomic E-state index is -0.428. The highest BCUT2D eigenvalue weighted by atomic mass is 35.5. The van der Waals surface area contributed by atoms with Crippen LogP contribution in [-0.2, 0) is 4.74 Å². The number of hydrogen-bond acceptors (Lipinski definition) is 6. The first kappa shape index (κ1) is 16.7. The summed E-state index contributed by atoms with van der Waals surface area (Å²) >= 11 is 5.78. The summed E-state index contributed by atoms with van der Waals surface area (Å²) in [7, 11) is 0. The molecule has 9 heteroatoms. The van der Waals surface area contributed by atoms with Crippen LogP contribution in [0.3, 0.4) is 0 Å². The Bertz CT molecular complexity index is 703. The fourth-order valence-electron chi connectivity index (χ4n) is 2.23. The zero-order valence-corrected chi connectivity index (χ0v) is 14.2. The Labute approximate surface area is 144 Å². The smallest absolute Gasteiger partial charge is 0.323 e. The van der Waals surface area contributed by atoms with Crippen molar-refractivity contribution in [3.8, 4) is 0 Å². The van der Waals surface area contributed by atoms with Gasteiger partial charge in [0, 0.05) is 18.7 Å². The molecule has 0 radical (unpaired) electrons. The number of morpholine rings is 1. The number of nitrogens with one attached hydrogen (secondary N) is 1. The molecule has 2 aromatic rings. The second-order valence-electron chi connectivity index (χ2n) is 5.73. The van der Waals surface area contributed by atoms with E-state index >= 15 is 0 Å². The van der Waals surface area contributed by atoms with Crippen LogP contribution in [0.2, 0.25) is 5.02 Å². The van der Waals surface area contributed by atoms with E-state index < -0.39 is 6.10 Å². The molecule has 2 amide bonds. The van der Waals surface area contributed by atoms with E-state index in [-0.39, 0.29) is 11.9 Å². The van der Waals surface area contributed by atoms with Crippen LogP contribution in [-0.4, -0.2) is 45.8 Å². The van der Waals surface area contributed by atoms with Gasteiger partial charge in [-0.15, -0.1) is 10.2 Å². The van der Waals surface area contributed by atoms with Gasteiger partial charge in [-0.3, -0.25) is 5.32 Å². The van der Waals surface area contributed by atoms with E-state index in [9.17, 15) is 4.79 Å². The maximum atomic E-state index is 12.4. The molecule has 8 nitrogen and oxygen atoms in total. The first-order chi connectivity index (χ1) is 11.5. The quantitative estimate of drug-likeness (QED) is 0.913. The van der Waals surface area contributed by atoms with Crippen LogP contribution in [0, 0.1) is 0 Å². The van der Waals surface area contributed by atoms with Crippen LogP contribution in [0.25, 0.3) is 0 Å². The van der Waals surface area contributed by atoms with Crippen molar-refractivity contribution in [3.05, 3.63) is 35.1 Å². The zero-order chi connectivity index (χ0) is 17.1. The number of aromatic nitrogens is 3. The maximum Gasteiger partial charge on any atom is 0.323 e. The average Bonchev–Trinajstić information content (AvgIpc) is 3.07. The number of anilines is 1. The van der Waals surface area contributed by atoms with Crippen molar-refractivity contribution in [2.45, 2.75) is 25.9 Å². The van der Waals surface area contributed by atoms with Crippen molar-refractivity contribution in [2.75, 3.05) is 25.0 Å². The van der Waals surface area contributed by atoms with Crippen molar-refractivity contribution >= 4 is 23.4 Å². The number of halogens is 1. The molecule has 1 saturated heterocycles. The van der Waals surface area contributed by atoms with Crippen LogP contribution in [0.15, 0.2) is 22.7 Å². The second-order valence-corrected chi connectivity index (χ2v) is 6.17. The highest BCUT2D eigenvalue weighted by molar-refractivity contribution is 6.30. The summed E-state index contributed by atoms with van der Waals surface area (Å²) in [6.07, 6.45) is 1.05. The van der Waals surface area contributed by atoms with Crippen molar-refractivity contribution in [3.63, 3.8) is 0 Å². The number of carbonyl (C=O) groups excluding carboxylic acids is 1. The molecule has 2 aromatic heterocycles. The van der Waals surface area contributed by atoms with Gasteiger partial charge in [-0.2, -0.15) is 0 Å².